The largest absolute Gasteiger partial charge is 0.493 e. The highest BCUT2D eigenvalue weighted by Gasteiger charge is 2.20. The molecule has 0 aliphatic heterocycles. The Morgan fingerprint density at radius 2 is 1.97 bits per heavy atom. The van der Waals surface area contributed by atoms with Crippen molar-refractivity contribution < 1.29 is 14.2 Å². The molecule has 1 aliphatic carbocycles. The van der Waals surface area contributed by atoms with Crippen LogP contribution in [-0.4, -0.2) is 25.8 Å². The third kappa shape index (κ3) is 5.68. The molecule has 1 saturated carbocycles. The predicted octanol–water partition coefficient (Wildman–Crippen LogP) is 4.24. The van der Waals surface area contributed by atoms with Crippen molar-refractivity contribution in [3.05, 3.63) is 54.1 Å². The molecule has 3 rings (SSSR count). The molecular formula is C24H25N3O3. The summed E-state index contributed by atoms with van der Waals surface area (Å²) in [4.78, 5) is 4.38. The molecular weight excluding hydrogens is 378 g/mol. The van der Waals surface area contributed by atoms with E-state index in [9.17, 15) is 0 Å². The van der Waals surface area contributed by atoms with Gasteiger partial charge in [0.2, 0.25) is 0 Å². The minimum Gasteiger partial charge on any atom is -0.493 e. The number of para-hydroxylation sites is 1. The fraction of sp³-hybridized carbons (Fsp3) is 0.333. The number of benzene rings is 2. The zero-order valence-corrected chi connectivity index (χ0v) is 17.0. The van der Waals surface area contributed by atoms with Crippen LogP contribution in [0, 0.1) is 23.8 Å². The zero-order valence-electron chi connectivity index (χ0n) is 17.0. The highest BCUT2D eigenvalue weighted by molar-refractivity contribution is 5.77. The summed E-state index contributed by atoms with van der Waals surface area (Å²) in [7, 11) is 1.63. The lowest BCUT2D eigenvalue weighted by atomic mass is 9.99. The lowest BCUT2D eigenvalue weighted by Crippen LogP contribution is -2.25. The Labute approximate surface area is 177 Å². The third-order valence-electron chi connectivity index (χ3n) is 4.93. The predicted molar refractivity (Wildman–Crippen MR) is 116 cm³/mol. The minimum absolute atomic E-state index is 0.0971. The first kappa shape index (κ1) is 21.1. The van der Waals surface area contributed by atoms with Crippen molar-refractivity contribution in [3.8, 4) is 35.8 Å². The number of nitriles is 1. The molecule has 1 unspecified atom stereocenters. The van der Waals surface area contributed by atoms with E-state index in [1.54, 1.807) is 19.2 Å². The summed E-state index contributed by atoms with van der Waals surface area (Å²) in [6.45, 7) is 0.253. The van der Waals surface area contributed by atoms with Crippen molar-refractivity contribution in [2.75, 3.05) is 13.7 Å². The molecule has 0 heterocycles. The summed E-state index contributed by atoms with van der Waals surface area (Å²) in [5, 5.41) is 11.5. The molecule has 6 nitrogen and oxygen atoms in total. The maximum Gasteiger partial charge on any atom is 0.303 e. The van der Waals surface area contributed by atoms with Gasteiger partial charge >= 0.3 is 6.02 Å². The number of terminal acetylenes is 1. The number of methoxy groups -OCH3 is 1. The maximum atomic E-state index is 8.99. The van der Waals surface area contributed by atoms with E-state index < -0.39 is 0 Å². The fourth-order valence-electron chi connectivity index (χ4n) is 3.36. The van der Waals surface area contributed by atoms with E-state index in [0.29, 0.717) is 17.2 Å². The first-order valence-corrected chi connectivity index (χ1v) is 9.96. The van der Waals surface area contributed by atoms with E-state index in [-0.39, 0.29) is 24.6 Å². The van der Waals surface area contributed by atoms with Crippen molar-refractivity contribution in [3.63, 3.8) is 0 Å². The molecule has 1 fully saturated rings. The fourth-order valence-corrected chi connectivity index (χ4v) is 3.36. The maximum absolute atomic E-state index is 8.99. The van der Waals surface area contributed by atoms with E-state index in [2.05, 4.69) is 16.2 Å². The average molecular weight is 403 g/mol. The molecule has 1 atom stereocenters. The van der Waals surface area contributed by atoms with E-state index in [1.165, 1.54) is 12.8 Å². The number of hydrogen-bond acceptors (Lipinski definition) is 5. The summed E-state index contributed by atoms with van der Waals surface area (Å²) in [5.41, 5.74) is 0.895. The van der Waals surface area contributed by atoms with Crippen LogP contribution >= 0.6 is 0 Å². The quantitative estimate of drug-likeness (QED) is 0.246. The Kier molecular flexibility index (Phi) is 7.58. The molecule has 6 heteroatoms. The van der Waals surface area contributed by atoms with E-state index in [4.69, 9.17) is 25.9 Å². The molecule has 2 aromatic carbocycles. The number of rotatable bonds is 7. The van der Waals surface area contributed by atoms with Crippen molar-refractivity contribution in [1.82, 2.24) is 5.32 Å². The van der Waals surface area contributed by atoms with Crippen molar-refractivity contribution in [1.29, 1.82) is 5.26 Å². The van der Waals surface area contributed by atoms with Crippen LogP contribution < -0.4 is 19.5 Å². The van der Waals surface area contributed by atoms with E-state index in [1.807, 2.05) is 42.6 Å². The molecule has 0 aromatic heterocycles. The van der Waals surface area contributed by atoms with Gasteiger partial charge in [-0.2, -0.15) is 5.26 Å². The van der Waals surface area contributed by atoms with Crippen molar-refractivity contribution in [2.45, 2.75) is 37.7 Å². The van der Waals surface area contributed by atoms with E-state index >= 15 is 0 Å². The summed E-state index contributed by atoms with van der Waals surface area (Å²) >= 11 is 0. The van der Waals surface area contributed by atoms with E-state index in [0.717, 1.165) is 18.4 Å². The summed E-state index contributed by atoms with van der Waals surface area (Å²) < 4.78 is 17.3. The van der Waals surface area contributed by atoms with Gasteiger partial charge in [-0.15, -0.1) is 6.42 Å². The normalized spacial score (nSPS) is 15.0. The summed E-state index contributed by atoms with van der Waals surface area (Å²) in [6, 6.07) is 14.9. The molecule has 154 valence electrons. The number of ether oxygens (including phenoxy) is 3. The van der Waals surface area contributed by atoms with Gasteiger partial charge in [-0.05, 0) is 55.5 Å². The molecule has 2 aromatic rings. The van der Waals surface area contributed by atoms with Crippen LogP contribution in [0.25, 0.3) is 0 Å². The molecule has 0 spiro atoms. The third-order valence-corrected chi connectivity index (χ3v) is 4.93. The highest BCUT2D eigenvalue weighted by atomic mass is 16.5. The first-order chi connectivity index (χ1) is 14.7. The molecule has 0 bridgehead atoms. The second-order valence-electron chi connectivity index (χ2n) is 6.95. The molecule has 0 radical (unpaired) electrons. The second-order valence-corrected chi connectivity index (χ2v) is 6.95. The standard InChI is InChI=1S/C24H25N3O3/c1-3-18(16-26-24(27-17-25)30-21-9-5-4-6-10-21)19-13-14-22(28-2)23(15-19)29-20-11-7-8-12-20/h1,4-6,9-10,13-15,18,20H,7-8,11-12,16H2,2H3,(H,26,27). The summed E-state index contributed by atoms with van der Waals surface area (Å²) in [6.07, 6.45) is 12.3. The Bertz CT molecular complexity index is 938. The number of hydrogen-bond donors (Lipinski definition) is 1. The molecule has 0 amide bonds. The molecule has 1 aliphatic rings. The monoisotopic (exact) mass is 403 g/mol. The van der Waals surface area contributed by atoms with Gasteiger partial charge in [-0.1, -0.05) is 30.2 Å². The molecule has 0 saturated heterocycles. The molecule has 1 N–H and O–H groups in total. The lowest BCUT2D eigenvalue weighted by Gasteiger charge is -2.18. The SMILES string of the molecule is C#CC(CN=C(NC#N)Oc1ccccc1)c1ccc(OC)c(OC2CCCC2)c1. The van der Waals surface area contributed by atoms with Gasteiger partial charge in [0.15, 0.2) is 17.7 Å². The van der Waals surface area contributed by atoms with Crippen LogP contribution in [0.15, 0.2) is 53.5 Å². The van der Waals surface area contributed by atoms with Gasteiger partial charge in [0.1, 0.15) is 5.75 Å². The van der Waals surface area contributed by atoms with Gasteiger partial charge < -0.3 is 14.2 Å². The van der Waals surface area contributed by atoms with Crippen molar-refractivity contribution >= 4 is 6.02 Å². The number of amidine groups is 1. The summed E-state index contributed by atoms with van der Waals surface area (Å²) in [5.74, 6) is 4.42. The average Bonchev–Trinajstić information content (AvgIpc) is 3.28. The van der Waals surface area contributed by atoms with Crippen LogP contribution in [0.3, 0.4) is 0 Å². The van der Waals surface area contributed by atoms with Gasteiger partial charge in [0.05, 0.1) is 25.7 Å². The van der Waals surface area contributed by atoms with Gasteiger partial charge in [0, 0.05) is 0 Å². The zero-order chi connectivity index (χ0) is 21.2. The first-order valence-electron chi connectivity index (χ1n) is 9.96. The number of nitrogens with one attached hydrogen (secondary N) is 1. The van der Waals surface area contributed by atoms with Crippen LogP contribution in [0.2, 0.25) is 0 Å². The smallest absolute Gasteiger partial charge is 0.303 e. The number of aliphatic imine (C=N–C) groups is 1. The highest BCUT2D eigenvalue weighted by Crippen LogP contribution is 2.34. The van der Waals surface area contributed by atoms with Crippen LogP contribution in [-0.2, 0) is 0 Å². The Morgan fingerprint density at radius 3 is 2.63 bits per heavy atom. The van der Waals surface area contributed by atoms with Crippen LogP contribution in [0.4, 0.5) is 0 Å². The van der Waals surface area contributed by atoms with Crippen LogP contribution in [0.5, 0.6) is 17.2 Å². The Balaban J connectivity index is 1.76. The van der Waals surface area contributed by atoms with Crippen molar-refractivity contribution in [2.24, 2.45) is 4.99 Å². The Hall–Kier alpha value is -3.64. The topological polar surface area (TPSA) is 75.9 Å². The van der Waals surface area contributed by atoms with Gasteiger partial charge in [0.25, 0.3) is 0 Å². The Morgan fingerprint density at radius 1 is 1.20 bits per heavy atom. The molecule has 30 heavy (non-hydrogen) atoms. The lowest BCUT2D eigenvalue weighted by molar-refractivity contribution is 0.200. The van der Waals surface area contributed by atoms with Crippen LogP contribution in [0.1, 0.15) is 37.2 Å². The minimum atomic E-state index is -0.309. The van der Waals surface area contributed by atoms with Gasteiger partial charge in [-0.3, -0.25) is 0 Å². The number of nitrogens with zero attached hydrogens (tertiary/aromatic N) is 2. The van der Waals surface area contributed by atoms with Gasteiger partial charge in [-0.25, -0.2) is 10.3 Å². The second kappa shape index (κ2) is 10.8.